The summed E-state index contributed by atoms with van der Waals surface area (Å²) in [7, 11) is 0. The van der Waals surface area contributed by atoms with Crippen molar-refractivity contribution in [3.8, 4) is 0 Å². The molecule has 2 atom stereocenters. The van der Waals surface area contributed by atoms with Crippen LogP contribution in [0.2, 0.25) is 0 Å². The van der Waals surface area contributed by atoms with E-state index in [0.29, 0.717) is 18.4 Å². The van der Waals surface area contributed by atoms with Crippen molar-refractivity contribution in [2.75, 3.05) is 0 Å². The molecule has 1 nitrogen and oxygen atoms in total. The van der Waals surface area contributed by atoms with Crippen LogP contribution in [0.3, 0.4) is 0 Å². The Hall–Kier alpha value is -1.08. The van der Waals surface area contributed by atoms with Gasteiger partial charge in [-0.2, -0.15) is 0 Å². The molecule has 0 saturated carbocycles. The van der Waals surface area contributed by atoms with Crippen LogP contribution in [0.5, 0.6) is 0 Å². The van der Waals surface area contributed by atoms with Crippen molar-refractivity contribution >= 4 is 0 Å². The topological polar surface area (TPSA) is 26.0 Å². The predicted octanol–water partition coefficient (Wildman–Crippen LogP) is 7.55. The molecule has 0 fully saturated rings. The summed E-state index contributed by atoms with van der Waals surface area (Å²) in [4.78, 5) is 0. The van der Waals surface area contributed by atoms with E-state index in [1.54, 1.807) is 0 Å². The number of allylic oxidation sites excluding steroid dienone is 1. The van der Waals surface area contributed by atoms with Crippen molar-refractivity contribution in [2.45, 2.75) is 100.0 Å². The Morgan fingerprint density at radius 1 is 1.08 bits per heavy atom. The highest BCUT2D eigenvalue weighted by atomic mass is 14.5. The minimum atomic E-state index is 0.520. The van der Waals surface area contributed by atoms with Gasteiger partial charge < -0.3 is 5.73 Å². The molecule has 0 saturated heterocycles. The number of hydrogen-bond acceptors (Lipinski definition) is 1. The number of rotatable bonds is 10. The molecule has 2 unspecified atom stereocenters. The molecule has 0 spiro atoms. The van der Waals surface area contributed by atoms with Gasteiger partial charge in [0.25, 0.3) is 0 Å². The molecule has 0 radical (unpaired) electrons. The van der Waals surface area contributed by atoms with Crippen LogP contribution in [-0.2, 0) is 13.0 Å². The van der Waals surface area contributed by atoms with Crippen LogP contribution in [-0.4, -0.2) is 0 Å². The van der Waals surface area contributed by atoms with Gasteiger partial charge in [0.1, 0.15) is 0 Å². The number of hydrogen-bond donors (Lipinski definition) is 1. The van der Waals surface area contributed by atoms with Crippen molar-refractivity contribution in [1.82, 2.24) is 0 Å². The van der Waals surface area contributed by atoms with Crippen molar-refractivity contribution < 1.29 is 0 Å². The second-order valence-corrected chi connectivity index (χ2v) is 7.93. The minimum absolute atomic E-state index is 0.520. The second-order valence-electron chi connectivity index (χ2n) is 7.93. The van der Waals surface area contributed by atoms with Gasteiger partial charge in [0.05, 0.1) is 0 Å². The lowest BCUT2D eigenvalue weighted by Gasteiger charge is -2.25. The number of benzene rings is 1. The Labute approximate surface area is 164 Å². The van der Waals surface area contributed by atoms with Gasteiger partial charge in [-0.15, -0.1) is 0 Å². The maximum atomic E-state index is 5.95. The fraction of sp³-hybridized carbons (Fsp3) is 0.680. The van der Waals surface area contributed by atoms with Gasteiger partial charge in [-0.3, -0.25) is 0 Å². The molecule has 0 bridgehead atoms. The first kappa shape index (κ1) is 24.9. The lowest BCUT2D eigenvalue weighted by atomic mass is 9.81. The summed E-state index contributed by atoms with van der Waals surface area (Å²) < 4.78 is 0. The van der Waals surface area contributed by atoms with E-state index in [1.807, 2.05) is 13.8 Å². The zero-order valence-corrected chi connectivity index (χ0v) is 18.9. The molecule has 1 rings (SSSR count). The van der Waals surface area contributed by atoms with E-state index in [1.165, 1.54) is 47.1 Å². The third kappa shape index (κ3) is 7.66. The van der Waals surface area contributed by atoms with Crippen molar-refractivity contribution in [3.63, 3.8) is 0 Å². The van der Waals surface area contributed by atoms with Crippen molar-refractivity contribution in [3.05, 3.63) is 46.5 Å². The minimum Gasteiger partial charge on any atom is -0.326 e. The number of nitrogens with two attached hydrogens (primary N) is 1. The molecule has 0 amide bonds. The first-order valence-electron chi connectivity index (χ1n) is 10.8. The summed E-state index contributed by atoms with van der Waals surface area (Å²) in [5, 5.41) is 0. The summed E-state index contributed by atoms with van der Waals surface area (Å²) in [6.45, 7) is 22.8. The first-order chi connectivity index (χ1) is 12.3. The molecule has 1 aromatic carbocycles. The monoisotopic (exact) mass is 359 g/mol. The summed E-state index contributed by atoms with van der Waals surface area (Å²) in [6.07, 6.45) is 5.89. The molecule has 0 heterocycles. The van der Waals surface area contributed by atoms with Gasteiger partial charge in [-0.1, -0.05) is 79.2 Å². The van der Waals surface area contributed by atoms with Crippen LogP contribution in [0.15, 0.2) is 24.3 Å². The summed E-state index contributed by atoms with van der Waals surface area (Å²) in [5.74, 6) is 1.91. The van der Waals surface area contributed by atoms with Crippen molar-refractivity contribution in [2.24, 2.45) is 17.6 Å². The lowest BCUT2D eigenvalue weighted by Crippen LogP contribution is -2.11. The van der Waals surface area contributed by atoms with Crippen LogP contribution < -0.4 is 5.73 Å². The standard InChI is InChI=1S/C23H39N.C2H6/c1-8-10-21-13-18(6)22(15-24)14-23(21)19(7)12-17(5)20(9-2)11-16(3)4;1-2/h13-14,16,19-20H,5,8-12,15,24H2,1-4,6-7H3;1-2H3. The molecule has 2 N–H and O–H groups in total. The molecular formula is C25H45N. The summed E-state index contributed by atoms with van der Waals surface area (Å²) in [5.41, 5.74) is 13.0. The van der Waals surface area contributed by atoms with Gasteiger partial charge >= 0.3 is 0 Å². The average Bonchev–Trinajstić information content (AvgIpc) is 2.61. The molecular weight excluding hydrogens is 314 g/mol. The maximum absolute atomic E-state index is 5.95. The highest BCUT2D eigenvalue weighted by Crippen LogP contribution is 2.33. The Morgan fingerprint density at radius 3 is 2.15 bits per heavy atom. The first-order valence-corrected chi connectivity index (χ1v) is 10.8. The van der Waals surface area contributed by atoms with Gasteiger partial charge in [-0.05, 0) is 72.6 Å². The molecule has 1 heteroatoms. The molecule has 0 aliphatic carbocycles. The van der Waals surface area contributed by atoms with E-state index in [0.717, 1.165) is 18.8 Å². The van der Waals surface area contributed by atoms with Crippen LogP contribution in [0, 0.1) is 18.8 Å². The molecule has 26 heavy (non-hydrogen) atoms. The largest absolute Gasteiger partial charge is 0.326 e. The third-order valence-corrected chi connectivity index (χ3v) is 5.26. The predicted molar refractivity (Wildman–Crippen MR) is 120 cm³/mol. The Balaban J connectivity index is 0.00000301. The Kier molecular flexibility index (Phi) is 12.6. The number of aryl methyl sites for hydroxylation is 2. The maximum Gasteiger partial charge on any atom is 0.0180 e. The van der Waals surface area contributed by atoms with E-state index in [9.17, 15) is 0 Å². The lowest BCUT2D eigenvalue weighted by molar-refractivity contribution is 0.433. The molecule has 1 aromatic rings. The SMILES string of the molecule is C=C(CC(C)c1cc(CN)c(C)cc1CCC)C(CC)CC(C)C.CC. The fourth-order valence-corrected chi connectivity index (χ4v) is 3.86. The van der Waals surface area contributed by atoms with Gasteiger partial charge in [0.15, 0.2) is 0 Å². The smallest absolute Gasteiger partial charge is 0.0180 e. The van der Waals surface area contributed by atoms with Crippen LogP contribution in [0.1, 0.15) is 102 Å². The van der Waals surface area contributed by atoms with Gasteiger partial charge in [-0.25, -0.2) is 0 Å². The molecule has 150 valence electrons. The van der Waals surface area contributed by atoms with Gasteiger partial charge in [0.2, 0.25) is 0 Å². The summed E-state index contributed by atoms with van der Waals surface area (Å²) >= 11 is 0. The van der Waals surface area contributed by atoms with E-state index >= 15 is 0 Å². The van der Waals surface area contributed by atoms with Crippen LogP contribution in [0.25, 0.3) is 0 Å². The average molecular weight is 360 g/mol. The molecule has 0 aromatic heterocycles. The highest BCUT2D eigenvalue weighted by molar-refractivity contribution is 5.40. The Bertz CT molecular complexity index is 527. The van der Waals surface area contributed by atoms with E-state index < -0.39 is 0 Å². The zero-order chi connectivity index (χ0) is 20.3. The van der Waals surface area contributed by atoms with Gasteiger partial charge in [0, 0.05) is 6.54 Å². The van der Waals surface area contributed by atoms with E-state index in [-0.39, 0.29) is 0 Å². The zero-order valence-electron chi connectivity index (χ0n) is 18.9. The highest BCUT2D eigenvalue weighted by Gasteiger charge is 2.18. The van der Waals surface area contributed by atoms with Crippen LogP contribution >= 0.6 is 0 Å². The second kappa shape index (κ2) is 13.1. The quantitative estimate of drug-likeness (QED) is 0.429. The Morgan fingerprint density at radius 2 is 1.69 bits per heavy atom. The fourth-order valence-electron chi connectivity index (χ4n) is 3.86. The third-order valence-electron chi connectivity index (χ3n) is 5.26. The summed E-state index contributed by atoms with van der Waals surface area (Å²) in [6, 6.07) is 4.73. The molecule has 0 aliphatic rings. The van der Waals surface area contributed by atoms with E-state index in [4.69, 9.17) is 5.73 Å². The van der Waals surface area contributed by atoms with Crippen LogP contribution in [0.4, 0.5) is 0 Å². The molecule has 0 aliphatic heterocycles. The van der Waals surface area contributed by atoms with Crippen molar-refractivity contribution in [1.29, 1.82) is 0 Å². The van der Waals surface area contributed by atoms with E-state index in [2.05, 4.69) is 60.3 Å². The normalized spacial score (nSPS) is 13.2.